The molecule has 1 N–H and O–H groups in total. The lowest BCUT2D eigenvalue weighted by Gasteiger charge is -2.09. The van der Waals surface area contributed by atoms with Gasteiger partial charge in [0.25, 0.3) is 5.56 Å². The first-order valence-electron chi connectivity index (χ1n) is 7.66. The van der Waals surface area contributed by atoms with Gasteiger partial charge in [-0.3, -0.25) is 4.79 Å². The van der Waals surface area contributed by atoms with Crippen LogP contribution < -0.4 is 10.3 Å². The van der Waals surface area contributed by atoms with Gasteiger partial charge in [0.1, 0.15) is 10.4 Å². The van der Waals surface area contributed by atoms with E-state index in [1.807, 2.05) is 37.3 Å². The highest BCUT2D eigenvalue weighted by atomic mass is 32.1. The molecule has 0 bridgehead atoms. The molecule has 0 spiro atoms. The molecule has 0 aliphatic carbocycles. The van der Waals surface area contributed by atoms with Gasteiger partial charge in [-0.2, -0.15) is 5.10 Å². The summed E-state index contributed by atoms with van der Waals surface area (Å²) < 4.78 is 6.81. The molecule has 0 atom stereocenters. The molecule has 7 heteroatoms. The molecule has 0 saturated carbocycles. The number of benzene rings is 1. The number of nitrogens with one attached hydrogen (secondary N) is 1. The first-order chi connectivity index (χ1) is 12.1. The Balaban J connectivity index is 1.68. The number of aromatic amines is 1. The minimum Gasteiger partial charge on any atom is -0.438 e. The molecule has 0 unspecified atom stereocenters. The molecule has 0 saturated heterocycles. The molecule has 3 aromatic heterocycles. The van der Waals surface area contributed by atoms with Gasteiger partial charge in [0.15, 0.2) is 0 Å². The summed E-state index contributed by atoms with van der Waals surface area (Å²) in [6.07, 6.45) is 1.68. The molecule has 124 valence electrons. The van der Waals surface area contributed by atoms with Crippen molar-refractivity contribution in [2.24, 2.45) is 0 Å². The van der Waals surface area contributed by atoms with E-state index >= 15 is 0 Å². The Morgan fingerprint density at radius 2 is 1.88 bits per heavy atom. The van der Waals surface area contributed by atoms with E-state index in [0.717, 1.165) is 27.0 Å². The molecule has 0 radical (unpaired) electrons. The van der Waals surface area contributed by atoms with Gasteiger partial charge in [-0.1, -0.05) is 12.1 Å². The Bertz CT molecular complexity index is 1120. The zero-order chi connectivity index (χ0) is 17.4. The van der Waals surface area contributed by atoms with Crippen LogP contribution in [0, 0.1) is 13.8 Å². The molecule has 25 heavy (non-hydrogen) atoms. The molecule has 4 aromatic rings. The fourth-order valence-electron chi connectivity index (χ4n) is 2.73. The van der Waals surface area contributed by atoms with Gasteiger partial charge < -0.3 is 4.74 Å². The normalized spacial score (nSPS) is 11.0. The predicted octanol–water partition coefficient (Wildman–Crippen LogP) is 3.85. The van der Waals surface area contributed by atoms with E-state index < -0.39 is 0 Å². The van der Waals surface area contributed by atoms with Gasteiger partial charge in [0.05, 0.1) is 16.7 Å². The topological polar surface area (TPSA) is 80.8 Å². The maximum absolute atomic E-state index is 11.8. The standard InChI is InChI=1S/C18H14N4O2S/c1-10-15(11(2)21-22-17(10)23)12-3-5-13(6-4-12)24-18-16-14(7-8-19-18)20-9-25-16/h3-9H,1-2H3,(H,22,23). The molecule has 0 aliphatic rings. The number of thiazole rings is 1. The molecule has 0 amide bonds. The quantitative estimate of drug-likeness (QED) is 0.607. The average molecular weight is 350 g/mol. The summed E-state index contributed by atoms with van der Waals surface area (Å²) in [5, 5.41) is 6.54. The van der Waals surface area contributed by atoms with Crippen LogP contribution in [0.4, 0.5) is 0 Å². The summed E-state index contributed by atoms with van der Waals surface area (Å²) in [6, 6.07) is 9.40. The van der Waals surface area contributed by atoms with E-state index in [-0.39, 0.29) is 5.56 Å². The number of hydrogen-bond donors (Lipinski definition) is 1. The molecular formula is C18H14N4O2S. The second kappa shape index (κ2) is 6.10. The van der Waals surface area contributed by atoms with Crippen LogP contribution in [0.1, 0.15) is 11.3 Å². The summed E-state index contributed by atoms with van der Waals surface area (Å²) >= 11 is 1.49. The molecule has 6 nitrogen and oxygen atoms in total. The van der Waals surface area contributed by atoms with Crippen LogP contribution in [0.3, 0.4) is 0 Å². The second-order valence-corrected chi connectivity index (χ2v) is 6.44. The van der Waals surface area contributed by atoms with Crippen molar-refractivity contribution in [2.75, 3.05) is 0 Å². The van der Waals surface area contributed by atoms with Crippen LogP contribution in [0.2, 0.25) is 0 Å². The lowest BCUT2D eigenvalue weighted by Crippen LogP contribution is -2.14. The van der Waals surface area contributed by atoms with Crippen molar-refractivity contribution in [3.63, 3.8) is 0 Å². The first-order valence-corrected chi connectivity index (χ1v) is 8.54. The van der Waals surface area contributed by atoms with Crippen LogP contribution in [0.25, 0.3) is 21.3 Å². The summed E-state index contributed by atoms with van der Waals surface area (Å²) in [7, 11) is 0. The first kappa shape index (κ1) is 15.5. The summed E-state index contributed by atoms with van der Waals surface area (Å²) in [5.41, 5.74) is 5.66. The zero-order valence-electron chi connectivity index (χ0n) is 13.6. The lowest BCUT2D eigenvalue weighted by atomic mass is 10.0. The van der Waals surface area contributed by atoms with E-state index in [1.54, 1.807) is 18.6 Å². The highest BCUT2D eigenvalue weighted by molar-refractivity contribution is 7.17. The Morgan fingerprint density at radius 1 is 1.08 bits per heavy atom. The highest BCUT2D eigenvalue weighted by Crippen LogP contribution is 2.31. The molecule has 3 heterocycles. The van der Waals surface area contributed by atoms with Gasteiger partial charge in [0.2, 0.25) is 5.88 Å². The van der Waals surface area contributed by atoms with Crippen LogP contribution in [-0.2, 0) is 0 Å². The van der Waals surface area contributed by atoms with Crippen LogP contribution >= 0.6 is 11.3 Å². The van der Waals surface area contributed by atoms with Crippen molar-refractivity contribution in [1.29, 1.82) is 0 Å². The zero-order valence-corrected chi connectivity index (χ0v) is 14.4. The van der Waals surface area contributed by atoms with Crippen molar-refractivity contribution in [2.45, 2.75) is 13.8 Å². The monoisotopic (exact) mass is 350 g/mol. The fourth-order valence-corrected chi connectivity index (χ4v) is 3.43. The number of aromatic nitrogens is 4. The van der Waals surface area contributed by atoms with Crippen molar-refractivity contribution in [3.8, 4) is 22.8 Å². The third-order valence-electron chi connectivity index (χ3n) is 3.97. The molecule has 0 aliphatic heterocycles. The van der Waals surface area contributed by atoms with E-state index in [2.05, 4.69) is 20.2 Å². The third kappa shape index (κ3) is 2.78. The Hall–Kier alpha value is -3.06. The largest absolute Gasteiger partial charge is 0.438 e. The Labute approximate surface area is 147 Å². The van der Waals surface area contributed by atoms with Gasteiger partial charge in [-0.25, -0.2) is 15.1 Å². The summed E-state index contributed by atoms with van der Waals surface area (Å²) in [6.45, 7) is 3.67. The maximum atomic E-state index is 11.8. The van der Waals surface area contributed by atoms with Crippen molar-refractivity contribution < 1.29 is 4.74 Å². The smallest absolute Gasteiger partial charge is 0.267 e. The van der Waals surface area contributed by atoms with Crippen LogP contribution in [0.5, 0.6) is 11.6 Å². The van der Waals surface area contributed by atoms with Gasteiger partial charge in [-0.15, -0.1) is 11.3 Å². The highest BCUT2D eigenvalue weighted by Gasteiger charge is 2.11. The van der Waals surface area contributed by atoms with E-state index in [0.29, 0.717) is 17.2 Å². The second-order valence-electron chi connectivity index (χ2n) is 5.58. The van der Waals surface area contributed by atoms with E-state index in [4.69, 9.17) is 4.74 Å². The molecular weight excluding hydrogens is 336 g/mol. The van der Waals surface area contributed by atoms with E-state index in [1.165, 1.54) is 11.3 Å². The molecule has 4 rings (SSSR count). The minimum absolute atomic E-state index is 0.179. The van der Waals surface area contributed by atoms with Crippen molar-refractivity contribution in [1.82, 2.24) is 20.2 Å². The Kier molecular flexibility index (Phi) is 3.77. The number of H-pyrrole nitrogens is 1. The third-order valence-corrected chi connectivity index (χ3v) is 4.80. The number of nitrogens with zero attached hydrogens (tertiary/aromatic N) is 3. The van der Waals surface area contributed by atoms with Gasteiger partial charge in [-0.05, 0) is 37.6 Å². The maximum Gasteiger partial charge on any atom is 0.267 e. The summed E-state index contributed by atoms with van der Waals surface area (Å²) in [5.74, 6) is 1.21. The molecule has 1 aromatic carbocycles. The average Bonchev–Trinajstić information content (AvgIpc) is 3.10. The van der Waals surface area contributed by atoms with Crippen molar-refractivity contribution in [3.05, 3.63) is 63.7 Å². The number of hydrogen-bond acceptors (Lipinski definition) is 6. The lowest BCUT2D eigenvalue weighted by molar-refractivity contribution is 0.470. The number of fused-ring (bicyclic) bond motifs is 1. The van der Waals surface area contributed by atoms with Crippen LogP contribution in [-0.4, -0.2) is 20.2 Å². The number of pyridine rings is 1. The number of ether oxygens (including phenoxy) is 1. The fraction of sp³-hybridized carbons (Fsp3) is 0.111. The van der Waals surface area contributed by atoms with Crippen molar-refractivity contribution >= 4 is 21.6 Å². The van der Waals surface area contributed by atoms with Crippen LogP contribution in [0.15, 0.2) is 46.8 Å². The Morgan fingerprint density at radius 3 is 2.68 bits per heavy atom. The molecule has 0 fully saturated rings. The van der Waals surface area contributed by atoms with E-state index in [9.17, 15) is 4.79 Å². The predicted molar refractivity (Wildman–Crippen MR) is 97.3 cm³/mol. The summed E-state index contributed by atoms with van der Waals surface area (Å²) in [4.78, 5) is 20.4. The van der Waals surface area contributed by atoms with Gasteiger partial charge >= 0.3 is 0 Å². The minimum atomic E-state index is -0.179. The number of rotatable bonds is 3. The van der Waals surface area contributed by atoms with Gasteiger partial charge in [0, 0.05) is 17.3 Å². The SMILES string of the molecule is Cc1n[nH]c(=O)c(C)c1-c1ccc(Oc2nccc3ncsc23)cc1. The number of aryl methyl sites for hydroxylation is 1.